The normalized spacial score (nSPS) is 27.9. The van der Waals surface area contributed by atoms with Crippen molar-refractivity contribution in [1.82, 2.24) is 0 Å². The largest absolute Gasteiger partial charge is 0.294 e. The zero-order chi connectivity index (χ0) is 15.3. The SMILES string of the molecule is C[C@H]1CC[C@](C)(C(=O)c2cccc3ccccc23)C1(C)C. The van der Waals surface area contributed by atoms with Crippen LogP contribution in [0, 0.1) is 16.7 Å². The molecule has 2 aromatic rings. The van der Waals surface area contributed by atoms with Crippen LogP contribution in [-0.4, -0.2) is 5.78 Å². The van der Waals surface area contributed by atoms with Gasteiger partial charge in [-0.25, -0.2) is 0 Å². The lowest BCUT2D eigenvalue weighted by Crippen LogP contribution is -2.40. The van der Waals surface area contributed by atoms with Crippen molar-refractivity contribution in [3.63, 3.8) is 0 Å². The van der Waals surface area contributed by atoms with Crippen LogP contribution in [0.4, 0.5) is 0 Å². The van der Waals surface area contributed by atoms with Gasteiger partial charge in [0.2, 0.25) is 0 Å². The summed E-state index contributed by atoms with van der Waals surface area (Å²) in [4.78, 5) is 13.3. The number of Topliss-reactive ketones (excluding diaryl/α,β-unsaturated/α-hetero) is 1. The van der Waals surface area contributed by atoms with Crippen LogP contribution >= 0.6 is 0 Å². The first kappa shape index (κ1) is 14.3. The topological polar surface area (TPSA) is 17.1 Å². The van der Waals surface area contributed by atoms with E-state index in [9.17, 15) is 4.79 Å². The molecule has 110 valence electrons. The Hall–Kier alpha value is -1.63. The summed E-state index contributed by atoms with van der Waals surface area (Å²) in [5.41, 5.74) is 0.662. The van der Waals surface area contributed by atoms with Crippen LogP contribution < -0.4 is 0 Å². The molecule has 0 spiro atoms. The van der Waals surface area contributed by atoms with E-state index in [1.807, 2.05) is 24.3 Å². The molecule has 1 fully saturated rings. The van der Waals surface area contributed by atoms with Crippen LogP contribution in [0.15, 0.2) is 42.5 Å². The van der Waals surface area contributed by atoms with Crippen molar-refractivity contribution >= 4 is 16.6 Å². The predicted molar refractivity (Wildman–Crippen MR) is 88.6 cm³/mol. The van der Waals surface area contributed by atoms with E-state index in [-0.39, 0.29) is 10.8 Å². The number of carbonyl (C=O) groups is 1. The molecular formula is C20H24O. The Balaban J connectivity index is 2.14. The van der Waals surface area contributed by atoms with E-state index in [1.165, 1.54) is 0 Å². The van der Waals surface area contributed by atoms with Crippen LogP contribution in [0.2, 0.25) is 0 Å². The first-order valence-corrected chi connectivity index (χ1v) is 7.90. The van der Waals surface area contributed by atoms with Crippen molar-refractivity contribution in [3.05, 3.63) is 48.0 Å². The third kappa shape index (κ3) is 1.94. The fourth-order valence-electron chi connectivity index (χ4n) is 3.86. The van der Waals surface area contributed by atoms with Crippen molar-refractivity contribution in [2.45, 2.75) is 40.5 Å². The van der Waals surface area contributed by atoms with Gasteiger partial charge in [-0.05, 0) is 34.9 Å². The summed E-state index contributed by atoms with van der Waals surface area (Å²) in [6.07, 6.45) is 2.13. The van der Waals surface area contributed by atoms with Gasteiger partial charge in [0, 0.05) is 11.0 Å². The predicted octanol–water partition coefficient (Wildman–Crippen LogP) is 5.48. The number of hydrogen-bond donors (Lipinski definition) is 0. The number of carbonyl (C=O) groups excluding carboxylic acids is 1. The van der Waals surface area contributed by atoms with Crippen molar-refractivity contribution in [1.29, 1.82) is 0 Å². The maximum absolute atomic E-state index is 13.3. The standard InChI is InChI=1S/C20H24O/c1-14-12-13-20(4,19(14,2)3)18(21)17-11-7-9-15-8-5-6-10-16(15)17/h5-11,14H,12-13H2,1-4H3/t14-,20+/m0/s1. The summed E-state index contributed by atoms with van der Waals surface area (Å²) < 4.78 is 0. The Kier molecular flexibility index (Phi) is 3.20. The zero-order valence-electron chi connectivity index (χ0n) is 13.4. The third-order valence-electron chi connectivity index (χ3n) is 6.27. The molecule has 0 aromatic heterocycles. The number of ketones is 1. The average Bonchev–Trinajstić information content (AvgIpc) is 2.70. The second-order valence-electron chi connectivity index (χ2n) is 7.35. The molecule has 1 aliphatic rings. The van der Waals surface area contributed by atoms with E-state index < -0.39 is 0 Å². The van der Waals surface area contributed by atoms with Gasteiger partial charge in [0.25, 0.3) is 0 Å². The smallest absolute Gasteiger partial charge is 0.169 e. The lowest BCUT2D eigenvalue weighted by atomic mass is 9.62. The third-order valence-corrected chi connectivity index (χ3v) is 6.27. The zero-order valence-corrected chi connectivity index (χ0v) is 13.4. The lowest BCUT2D eigenvalue weighted by molar-refractivity contribution is 0.0548. The molecule has 3 rings (SSSR count). The summed E-state index contributed by atoms with van der Waals surface area (Å²) in [6, 6.07) is 14.3. The maximum atomic E-state index is 13.3. The van der Waals surface area contributed by atoms with Gasteiger partial charge in [0.05, 0.1) is 0 Å². The molecule has 21 heavy (non-hydrogen) atoms. The van der Waals surface area contributed by atoms with Gasteiger partial charge in [-0.2, -0.15) is 0 Å². The fraction of sp³-hybridized carbons (Fsp3) is 0.450. The molecule has 0 heterocycles. The van der Waals surface area contributed by atoms with E-state index in [4.69, 9.17) is 0 Å². The van der Waals surface area contributed by atoms with Gasteiger partial charge in [0.1, 0.15) is 0 Å². The lowest BCUT2D eigenvalue weighted by Gasteiger charge is -2.40. The van der Waals surface area contributed by atoms with Gasteiger partial charge < -0.3 is 0 Å². The Morgan fingerprint density at radius 2 is 1.71 bits per heavy atom. The summed E-state index contributed by atoms with van der Waals surface area (Å²) in [7, 11) is 0. The fourth-order valence-corrected chi connectivity index (χ4v) is 3.86. The number of rotatable bonds is 2. The van der Waals surface area contributed by atoms with Crippen molar-refractivity contribution in [2.75, 3.05) is 0 Å². The van der Waals surface area contributed by atoms with Gasteiger partial charge >= 0.3 is 0 Å². The van der Waals surface area contributed by atoms with Crippen LogP contribution in [0.5, 0.6) is 0 Å². The van der Waals surface area contributed by atoms with Crippen LogP contribution in [0.3, 0.4) is 0 Å². The molecule has 2 aromatic carbocycles. The first-order chi connectivity index (χ1) is 9.88. The monoisotopic (exact) mass is 280 g/mol. The van der Waals surface area contributed by atoms with Crippen molar-refractivity contribution in [2.24, 2.45) is 16.7 Å². The van der Waals surface area contributed by atoms with Crippen molar-refractivity contribution in [3.8, 4) is 0 Å². The molecular weight excluding hydrogens is 256 g/mol. The highest BCUT2D eigenvalue weighted by Crippen LogP contribution is 2.57. The van der Waals surface area contributed by atoms with Crippen LogP contribution in [0.1, 0.15) is 50.9 Å². The highest BCUT2D eigenvalue weighted by atomic mass is 16.1. The van der Waals surface area contributed by atoms with Gasteiger partial charge in [-0.1, -0.05) is 70.2 Å². The Morgan fingerprint density at radius 1 is 1.05 bits per heavy atom. The average molecular weight is 280 g/mol. The molecule has 2 atom stereocenters. The van der Waals surface area contributed by atoms with Crippen LogP contribution in [-0.2, 0) is 0 Å². The molecule has 0 radical (unpaired) electrons. The van der Waals surface area contributed by atoms with E-state index >= 15 is 0 Å². The minimum atomic E-state index is -0.267. The summed E-state index contributed by atoms with van der Waals surface area (Å²) in [6.45, 7) is 8.96. The Morgan fingerprint density at radius 3 is 2.38 bits per heavy atom. The first-order valence-electron chi connectivity index (χ1n) is 7.90. The molecule has 1 nitrogen and oxygen atoms in total. The highest BCUT2D eigenvalue weighted by molar-refractivity contribution is 6.11. The second kappa shape index (κ2) is 4.69. The summed E-state index contributed by atoms with van der Waals surface area (Å²) >= 11 is 0. The van der Waals surface area contributed by atoms with Gasteiger partial charge in [-0.15, -0.1) is 0 Å². The minimum Gasteiger partial charge on any atom is -0.294 e. The van der Waals surface area contributed by atoms with E-state index in [0.29, 0.717) is 11.7 Å². The highest BCUT2D eigenvalue weighted by Gasteiger charge is 2.54. The van der Waals surface area contributed by atoms with Gasteiger partial charge in [-0.3, -0.25) is 4.79 Å². The summed E-state index contributed by atoms with van der Waals surface area (Å²) in [5, 5.41) is 2.23. The van der Waals surface area contributed by atoms with E-state index in [2.05, 4.69) is 45.9 Å². The molecule has 1 heteroatoms. The molecule has 0 aliphatic heterocycles. The Labute approximate surface area is 127 Å². The Bertz CT molecular complexity index is 693. The molecule has 1 saturated carbocycles. The molecule has 0 bridgehead atoms. The molecule has 0 saturated heterocycles. The molecule has 0 amide bonds. The van der Waals surface area contributed by atoms with Gasteiger partial charge in [0.15, 0.2) is 5.78 Å². The molecule has 1 aliphatic carbocycles. The summed E-state index contributed by atoms with van der Waals surface area (Å²) in [5.74, 6) is 0.898. The van der Waals surface area contributed by atoms with E-state index in [1.54, 1.807) is 0 Å². The minimum absolute atomic E-state index is 0.0427. The van der Waals surface area contributed by atoms with E-state index in [0.717, 1.165) is 29.2 Å². The number of fused-ring (bicyclic) bond motifs is 1. The maximum Gasteiger partial charge on any atom is 0.169 e. The second-order valence-corrected chi connectivity index (χ2v) is 7.35. The number of hydrogen-bond acceptors (Lipinski definition) is 1. The number of benzene rings is 2. The molecule has 0 unspecified atom stereocenters. The van der Waals surface area contributed by atoms with Crippen molar-refractivity contribution < 1.29 is 4.79 Å². The quantitative estimate of drug-likeness (QED) is 0.665. The van der Waals surface area contributed by atoms with Crippen LogP contribution in [0.25, 0.3) is 10.8 Å². The molecule has 0 N–H and O–H groups in total.